The van der Waals surface area contributed by atoms with Crippen LogP contribution >= 0.6 is 0 Å². The Bertz CT molecular complexity index is 1040. The molecule has 1 amide bonds. The summed E-state index contributed by atoms with van der Waals surface area (Å²) < 4.78 is 1.64. The summed E-state index contributed by atoms with van der Waals surface area (Å²) in [5, 5.41) is 13.7. The molecule has 0 radical (unpaired) electrons. The summed E-state index contributed by atoms with van der Waals surface area (Å²) in [5.74, 6) is 2.13. The highest BCUT2D eigenvalue weighted by atomic mass is 16.2. The molecule has 1 fully saturated rings. The van der Waals surface area contributed by atoms with Gasteiger partial charge in [-0.05, 0) is 70.5 Å². The van der Waals surface area contributed by atoms with Crippen LogP contribution in [0.2, 0.25) is 0 Å². The Kier molecular flexibility index (Phi) is 6.58. The van der Waals surface area contributed by atoms with Crippen molar-refractivity contribution in [2.75, 3.05) is 6.54 Å². The number of rotatable bonds is 8. The van der Waals surface area contributed by atoms with Crippen LogP contribution in [0.1, 0.15) is 60.3 Å². The first-order chi connectivity index (χ1) is 14.5. The van der Waals surface area contributed by atoms with E-state index in [2.05, 4.69) is 27.9 Å². The van der Waals surface area contributed by atoms with Crippen molar-refractivity contribution in [2.45, 2.75) is 39.7 Å². The van der Waals surface area contributed by atoms with Crippen molar-refractivity contribution in [3.05, 3.63) is 65.3 Å². The van der Waals surface area contributed by atoms with Crippen molar-refractivity contribution in [2.24, 2.45) is 10.9 Å². The number of aryl methyl sites for hydroxylation is 1. The monoisotopic (exact) mass is 402 g/mol. The van der Waals surface area contributed by atoms with Gasteiger partial charge in [0.15, 0.2) is 11.6 Å². The summed E-state index contributed by atoms with van der Waals surface area (Å²) >= 11 is 0. The lowest BCUT2D eigenvalue weighted by atomic mass is 10.1. The highest BCUT2D eigenvalue weighted by Crippen LogP contribution is 2.34. The van der Waals surface area contributed by atoms with Crippen molar-refractivity contribution < 1.29 is 4.79 Å². The molecule has 2 aromatic rings. The average Bonchev–Trinajstić information content (AvgIpc) is 3.51. The van der Waals surface area contributed by atoms with Crippen LogP contribution < -0.4 is 0 Å². The molecule has 0 saturated heterocycles. The maximum absolute atomic E-state index is 13.4. The fourth-order valence-electron chi connectivity index (χ4n) is 3.27. The van der Waals surface area contributed by atoms with Crippen LogP contribution in [0.15, 0.2) is 47.5 Å². The Balaban J connectivity index is 2.00. The summed E-state index contributed by atoms with van der Waals surface area (Å²) in [4.78, 5) is 23.9. The van der Waals surface area contributed by atoms with Crippen LogP contribution in [-0.4, -0.2) is 38.8 Å². The number of carbonyl (C=O) groups is 1. The van der Waals surface area contributed by atoms with Gasteiger partial charge in [0.1, 0.15) is 5.82 Å². The zero-order valence-corrected chi connectivity index (χ0v) is 17.6. The predicted octanol–water partition coefficient (Wildman–Crippen LogP) is 4.15. The fourth-order valence-corrected chi connectivity index (χ4v) is 3.27. The van der Waals surface area contributed by atoms with E-state index in [1.807, 2.05) is 37.8 Å². The first kappa shape index (κ1) is 21.2. The predicted molar refractivity (Wildman–Crippen MR) is 117 cm³/mol. The Labute approximate surface area is 177 Å². The maximum Gasteiger partial charge on any atom is 0.254 e. The fraction of sp³-hybridized carbons (Fsp3) is 0.348. The first-order valence-corrected chi connectivity index (χ1v) is 10.0. The van der Waals surface area contributed by atoms with Crippen LogP contribution in [0.3, 0.4) is 0 Å². The van der Waals surface area contributed by atoms with Gasteiger partial charge in [0.25, 0.3) is 5.91 Å². The second-order valence-corrected chi connectivity index (χ2v) is 7.41. The molecule has 1 aliphatic carbocycles. The number of hydrogen-bond donors (Lipinski definition) is 0. The summed E-state index contributed by atoms with van der Waals surface area (Å²) in [6.45, 7) is 9.97. The van der Waals surface area contributed by atoms with Gasteiger partial charge < -0.3 is 4.90 Å². The number of hydrogen-bond acceptors (Lipinski definition) is 5. The Hall–Kier alpha value is -3.53. The summed E-state index contributed by atoms with van der Waals surface area (Å²) in [6, 6.07) is 8.57. The van der Waals surface area contributed by atoms with E-state index >= 15 is 0 Å². The highest BCUT2D eigenvalue weighted by molar-refractivity contribution is 5.94. The van der Waals surface area contributed by atoms with Crippen molar-refractivity contribution in [3.8, 4) is 6.07 Å². The van der Waals surface area contributed by atoms with Crippen molar-refractivity contribution >= 4 is 18.4 Å². The maximum atomic E-state index is 13.4. The number of amides is 1. The van der Waals surface area contributed by atoms with E-state index < -0.39 is 0 Å². The quantitative estimate of drug-likeness (QED) is 0.490. The zero-order chi connectivity index (χ0) is 21.7. The molecule has 1 unspecified atom stereocenters. The Morgan fingerprint density at radius 2 is 2.27 bits per heavy atom. The molecule has 7 nitrogen and oxygen atoms in total. The van der Waals surface area contributed by atoms with Crippen LogP contribution in [0, 0.1) is 24.2 Å². The lowest BCUT2D eigenvalue weighted by Crippen LogP contribution is -2.36. The molecule has 1 heterocycles. The summed E-state index contributed by atoms with van der Waals surface area (Å²) in [6.07, 6.45) is 7.78. The molecule has 30 heavy (non-hydrogen) atoms. The largest absolute Gasteiger partial charge is 0.328 e. The second-order valence-electron chi connectivity index (χ2n) is 7.41. The lowest BCUT2D eigenvalue weighted by Gasteiger charge is -2.29. The van der Waals surface area contributed by atoms with Crippen molar-refractivity contribution in [3.63, 3.8) is 0 Å². The van der Waals surface area contributed by atoms with Crippen LogP contribution in [-0.2, 0) is 0 Å². The van der Waals surface area contributed by atoms with Crippen LogP contribution in [0.4, 0.5) is 0 Å². The molecule has 0 bridgehead atoms. The molecular weight excluding hydrogens is 376 g/mol. The van der Waals surface area contributed by atoms with Gasteiger partial charge in [0.2, 0.25) is 0 Å². The van der Waals surface area contributed by atoms with Gasteiger partial charge >= 0.3 is 0 Å². The molecule has 0 N–H and O–H groups in total. The third-order valence-electron chi connectivity index (χ3n) is 5.05. The number of aromatic nitrogens is 3. The first-order valence-electron chi connectivity index (χ1n) is 10.0. The third-order valence-corrected chi connectivity index (χ3v) is 5.05. The molecule has 1 atom stereocenters. The van der Waals surface area contributed by atoms with E-state index in [0.717, 1.165) is 12.8 Å². The van der Waals surface area contributed by atoms with Gasteiger partial charge in [0.05, 0.1) is 17.7 Å². The molecule has 1 aliphatic rings. The zero-order valence-electron chi connectivity index (χ0n) is 17.6. The number of nitriles is 1. The normalized spacial score (nSPS) is 15.1. The van der Waals surface area contributed by atoms with E-state index in [9.17, 15) is 10.1 Å². The minimum Gasteiger partial charge on any atom is -0.328 e. The van der Waals surface area contributed by atoms with Gasteiger partial charge in [-0.15, -0.1) is 5.10 Å². The lowest BCUT2D eigenvalue weighted by molar-refractivity contribution is 0.0671. The highest BCUT2D eigenvalue weighted by Gasteiger charge is 2.33. The second kappa shape index (κ2) is 9.31. The topological polar surface area (TPSA) is 87.2 Å². The number of nitrogens with zero attached hydrogens (tertiary/aromatic N) is 6. The molecule has 154 valence electrons. The molecular formula is C23H26N6O. The van der Waals surface area contributed by atoms with Gasteiger partial charge in [0, 0.05) is 12.1 Å². The molecule has 1 saturated carbocycles. The van der Waals surface area contributed by atoms with E-state index in [4.69, 9.17) is 0 Å². The number of benzene rings is 1. The number of aliphatic imine (C=N–C) groups is 1. The van der Waals surface area contributed by atoms with E-state index in [1.54, 1.807) is 35.0 Å². The SMILES string of the molecule is C=N/C(=C\C=C/C)n1nc(C)nc1C(C)N(CC1CC1)C(=O)c1cccc(C#N)c1. The molecule has 3 rings (SSSR count). The number of carbonyl (C=O) groups excluding carboxylic acids is 1. The van der Waals surface area contributed by atoms with Gasteiger partial charge in [-0.1, -0.05) is 18.2 Å². The molecule has 1 aromatic carbocycles. The van der Waals surface area contributed by atoms with Crippen LogP contribution in [0.25, 0.3) is 5.82 Å². The third kappa shape index (κ3) is 4.71. The van der Waals surface area contributed by atoms with Crippen molar-refractivity contribution in [1.29, 1.82) is 5.26 Å². The average molecular weight is 403 g/mol. The van der Waals surface area contributed by atoms with E-state index in [0.29, 0.717) is 41.1 Å². The molecule has 1 aromatic heterocycles. The minimum absolute atomic E-state index is 0.121. The van der Waals surface area contributed by atoms with E-state index in [-0.39, 0.29) is 11.9 Å². The van der Waals surface area contributed by atoms with Gasteiger partial charge in [-0.25, -0.2) is 9.98 Å². The Morgan fingerprint density at radius 1 is 1.50 bits per heavy atom. The molecule has 0 spiro atoms. The van der Waals surface area contributed by atoms with E-state index in [1.165, 1.54) is 0 Å². The summed E-state index contributed by atoms with van der Waals surface area (Å²) in [7, 11) is 0. The summed E-state index contributed by atoms with van der Waals surface area (Å²) in [5.41, 5.74) is 0.960. The molecule has 7 heteroatoms. The number of allylic oxidation sites excluding steroid dienone is 3. The standard InChI is InChI=1S/C23H26N6O/c1-5-6-10-21(25-4)29-22(26-17(3)27-29)16(2)28(15-18-11-12-18)23(30)20-9-7-8-19(13-20)14-24/h5-10,13,16,18H,4,11-12,15H2,1-3H3/b6-5-,21-10+. The molecule has 0 aliphatic heterocycles. The van der Waals surface area contributed by atoms with Crippen LogP contribution in [0.5, 0.6) is 0 Å². The Morgan fingerprint density at radius 3 is 2.90 bits per heavy atom. The van der Waals surface area contributed by atoms with Gasteiger partial charge in [-0.3, -0.25) is 4.79 Å². The smallest absolute Gasteiger partial charge is 0.254 e. The van der Waals surface area contributed by atoms with Crippen molar-refractivity contribution in [1.82, 2.24) is 19.7 Å². The minimum atomic E-state index is -0.333. The van der Waals surface area contributed by atoms with Gasteiger partial charge in [-0.2, -0.15) is 9.94 Å².